The maximum atomic E-state index is 12.0. The van der Waals surface area contributed by atoms with E-state index in [1.165, 1.54) is 0 Å². The molecule has 1 aromatic rings. The predicted octanol–water partition coefficient (Wildman–Crippen LogP) is 1.81. The van der Waals surface area contributed by atoms with Crippen molar-refractivity contribution in [2.75, 3.05) is 0 Å². The number of aldehydes is 1. The van der Waals surface area contributed by atoms with Crippen LogP contribution in [0.15, 0.2) is 4.42 Å². The lowest BCUT2D eigenvalue weighted by atomic mass is 10.4. The van der Waals surface area contributed by atoms with Crippen molar-refractivity contribution in [3.05, 3.63) is 17.3 Å². The zero-order valence-corrected chi connectivity index (χ0v) is 5.97. The van der Waals surface area contributed by atoms with Crippen LogP contribution in [-0.2, 0) is 6.18 Å². The fourth-order valence-electron chi connectivity index (χ4n) is 0.730. The Balaban J connectivity index is 3.16. The number of oxazole rings is 1. The molecule has 0 aliphatic carbocycles. The Kier molecular flexibility index (Phi) is 1.91. The van der Waals surface area contributed by atoms with Crippen LogP contribution in [-0.4, -0.2) is 11.3 Å². The van der Waals surface area contributed by atoms with Gasteiger partial charge in [-0.25, -0.2) is 4.98 Å². The van der Waals surface area contributed by atoms with E-state index in [2.05, 4.69) is 9.40 Å². The summed E-state index contributed by atoms with van der Waals surface area (Å²) in [4.78, 5) is 12.9. The molecule has 12 heavy (non-hydrogen) atoms. The van der Waals surface area contributed by atoms with E-state index in [1.807, 2.05) is 0 Å². The van der Waals surface area contributed by atoms with Crippen LogP contribution < -0.4 is 0 Å². The molecule has 0 amide bonds. The smallest absolute Gasteiger partial charge is 0.436 e. The Morgan fingerprint density at radius 1 is 1.50 bits per heavy atom. The quantitative estimate of drug-likeness (QED) is 0.617. The summed E-state index contributed by atoms with van der Waals surface area (Å²) < 4.78 is 40.3. The van der Waals surface area contributed by atoms with E-state index in [-0.39, 0.29) is 6.29 Å². The zero-order valence-electron chi connectivity index (χ0n) is 5.97. The highest BCUT2D eigenvalue weighted by Crippen LogP contribution is 2.30. The second kappa shape index (κ2) is 2.62. The fraction of sp³-hybridized carbons (Fsp3) is 0.333. The lowest BCUT2D eigenvalue weighted by molar-refractivity contribution is -0.141. The number of hydrogen-bond acceptors (Lipinski definition) is 3. The van der Waals surface area contributed by atoms with Gasteiger partial charge in [0.2, 0.25) is 6.29 Å². The number of alkyl halides is 3. The third-order valence-corrected chi connectivity index (χ3v) is 1.18. The molecule has 0 N–H and O–H groups in total. The van der Waals surface area contributed by atoms with Gasteiger partial charge >= 0.3 is 6.18 Å². The molecule has 1 aromatic heterocycles. The highest BCUT2D eigenvalue weighted by molar-refractivity contribution is 5.67. The van der Waals surface area contributed by atoms with E-state index in [1.54, 1.807) is 0 Å². The number of nitrogens with zero attached hydrogens (tertiary/aromatic N) is 1. The molecular weight excluding hydrogens is 175 g/mol. The van der Waals surface area contributed by atoms with E-state index >= 15 is 0 Å². The van der Waals surface area contributed by atoms with Gasteiger partial charge in [-0.2, -0.15) is 13.2 Å². The molecule has 0 fully saturated rings. The van der Waals surface area contributed by atoms with Crippen molar-refractivity contribution in [3.63, 3.8) is 0 Å². The second-order valence-electron chi connectivity index (χ2n) is 2.07. The molecule has 66 valence electrons. The average molecular weight is 179 g/mol. The molecule has 0 unspecified atom stereocenters. The number of rotatable bonds is 1. The zero-order chi connectivity index (χ0) is 9.35. The van der Waals surface area contributed by atoms with E-state index in [9.17, 15) is 18.0 Å². The Morgan fingerprint density at radius 3 is 2.33 bits per heavy atom. The molecule has 0 saturated heterocycles. The molecule has 0 aliphatic rings. The summed E-state index contributed by atoms with van der Waals surface area (Å²) in [7, 11) is 0. The van der Waals surface area contributed by atoms with Crippen LogP contribution in [0.2, 0.25) is 0 Å². The molecule has 0 bridgehead atoms. The molecule has 0 aliphatic heterocycles. The van der Waals surface area contributed by atoms with Crippen molar-refractivity contribution in [3.8, 4) is 0 Å². The molecule has 3 nitrogen and oxygen atoms in total. The maximum absolute atomic E-state index is 12.0. The lowest BCUT2D eigenvalue weighted by Crippen LogP contribution is -2.07. The first-order valence-corrected chi connectivity index (χ1v) is 2.95. The van der Waals surface area contributed by atoms with Gasteiger partial charge in [0.05, 0.1) is 0 Å². The summed E-state index contributed by atoms with van der Waals surface area (Å²) in [6, 6.07) is 0. The van der Waals surface area contributed by atoms with Gasteiger partial charge in [-0.1, -0.05) is 0 Å². The highest BCUT2D eigenvalue weighted by atomic mass is 19.4. The largest absolute Gasteiger partial charge is 0.439 e. The first-order chi connectivity index (χ1) is 5.45. The summed E-state index contributed by atoms with van der Waals surface area (Å²) >= 11 is 0. The van der Waals surface area contributed by atoms with Crippen LogP contribution in [0, 0.1) is 6.92 Å². The van der Waals surface area contributed by atoms with Crippen molar-refractivity contribution in [1.29, 1.82) is 0 Å². The second-order valence-corrected chi connectivity index (χ2v) is 2.07. The van der Waals surface area contributed by atoms with Gasteiger partial charge in [-0.15, -0.1) is 0 Å². The predicted molar refractivity (Wildman–Crippen MR) is 31.6 cm³/mol. The van der Waals surface area contributed by atoms with Crippen LogP contribution >= 0.6 is 0 Å². The van der Waals surface area contributed by atoms with Crippen molar-refractivity contribution < 1.29 is 22.4 Å². The van der Waals surface area contributed by atoms with Crippen molar-refractivity contribution in [1.82, 2.24) is 4.98 Å². The molecule has 0 atom stereocenters. The van der Waals surface area contributed by atoms with E-state index in [0.717, 1.165) is 6.92 Å². The Morgan fingerprint density at radius 2 is 2.08 bits per heavy atom. The van der Waals surface area contributed by atoms with E-state index in [0.29, 0.717) is 0 Å². The van der Waals surface area contributed by atoms with Gasteiger partial charge < -0.3 is 4.42 Å². The molecule has 0 saturated carbocycles. The first-order valence-electron chi connectivity index (χ1n) is 2.95. The summed E-state index contributed by atoms with van der Waals surface area (Å²) in [6.07, 6.45) is -4.43. The molecule has 1 heterocycles. The summed E-state index contributed by atoms with van der Waals surface area (Å²) in [5, 5.41) is 0. The SMILES string of the molecule is Cc1oc(C=O)nc1C(F)(F)F. The molecule has 1 rings (SSSR count). The van der Waals surface area contributed by atoms with Crippen LogP contribution in [0.25, 0.3) is 0 Å². The number of aromatic nitrogens is 1. The van der Waals surface area contributed by atoms with Gasteiger partial charge in [0, 0.05) is 0 Å². The third-order valence-electron chi connectivity index (χ3n) is 1.18. The summed E-state index contributed by atoms with van der Waals surface area (Å²) in [5.41, 5.74) is -1.15. The standard InChI is InChI=1S/C6H4F3NO2/c1-3-5(6(7,8)9)10-4(2-11)12-3/h2H,1H3. The van der Waals surface area contributed by atoms with E-state index < -0.39 is 23.5 Å². The normalized spacial score (nSPS) is 11.7. The Bertz CT molecular complexity index is 302. The van der Waals surface area contributed by atoms with Gasteiger partial charge in [0.1, 0.15) is 5.76 Å². The van der Waals surface area contributed by atoms with Gasteiger partial charge in [0.15, 0.2) is 5.69 Å². The number of aryl methyl sites for hydroxylation is 1. The Hall–Kier alpha value is -1.33. The number of hydrogen-bond donors (Lipinski definition) is 0. The summed E-state index contributed by atoms with van der Waals surface area (Å²) in [5.74, 6) is -0.954. The lowest BCUT2D eigenvalue weighted by Gasteiger charge is -2.00. The van der Waals surface area contributed by atoms with Crippen molar-refractivity contribution >= 4 is 6.29 Å². The van der Waals surface area contributed by atoms with Gasteiger partial charge in [-0.05, 0) is 6.92 Å². The van der Waals surface area contributed by atoms with Crippen LogP contribution in [0.3, 0.4) is 0 Å². The minimum Gasteiger partial charge on any atom is -0.439 e. The fourth-order valence-corrected chi connectivity index (χ4v) is 0.730. The topological polar surface area (TPSA) is 43.1 Å². The first kappa shape index (κ1) is 8.76. The van der Waals surface area contributed by atoms with Crippen molar-refractivity contribution in [2.24, 2.45) is 0 Å². The highest BCUT2D eigenvalue weighted by Gasteiger charge is 2.37. The maximum Gasteiger partial charge on any atom is 0.436 e. The van der Waals surface area contributed by atoms with Crippen LogP contribution in [0.5, 0.6) is 0 Å². The average Bonchev–Trinajstić information content (AvgIpc) is 2.29. The molecule has 6 heteroatoms. The molecular formula is C6H4F3NO2. The molecule has 0 aromatic carbocycles. The monoisotopic (exact) mass is 179 g/mol. The number of carbonyl (C=O) groups excluding carboxylic acids is 1. The van der Waals surface area contributed by atoms with Gasteiger partial charge in [0.25, 0.3) is 5.89 Å². The summed E-state index contributed by atoms with van der Waals surface area (Å²) in [6.45, 7) is 1.10. The third kappa shape index (κ3) is 1.46. The molecule has 0 radical (unpaired) electrons. The number of halogens is 3. The van der Waals surface area contributed by atoms with Crippen LogP contribution in [0.1, 0.15) is 22.1 Å². The van der Waals surface area contributed by atoms with Crippen LogP contribution in [0.4, 0.5) is 13.2 Å². The number of carbonyl (C=O) groups is 1. The minimum atomic E-state index is -4.56. The van der Waals surface area contributed by atoms with E-state index in [4.69, 9.17) is 0 Å². The molecule has 0 spiro atoms. The Labute approximate surface area is 65.2 Å². The van der Waals surface area contributed by atoms with Gasteiger partial charge in [-0.3, -0.25) is 4.79 Å². The minimum absolute atomic E-state index is 0.127. The van der Waals surface area contributed by atoms with Crippen molar-refractivity contribution in [2.45, 2.75) is 13.1 Å².